The number of aryl methyl sites for hydroxylation is 3. The van der Waals surface area contributed by atoms with E-state index in [1.165, 1.54) is 12.1 Å². The fourth-order valence-corrected chi connectivity index (χ4v) is 2.76. The molecular formula is C20H19FN2O. The second-order valence-corrected chi connectivity index (χ2v) is 5.91. The van der Waals surface area contributed by atoms with Gasteiger partial charge in [-0.1, -0.05) is 6.07 Å². The molecule has 0 bridgehead atoms. The van der Waals surface area contributed by atoms with Gasteiger partial charge in [-0.15, -0.1) is 0 Å². The van der Waals surface area contributed by atoms with Gasteiger partial charge < -0.3 is 9.88 Å². The van der Waals surface area contributed by atoms with Crippen molar-refractivity contribution in [1.29, 1.82) is 0 Å². The molecule has 0 saturated heterocycles. The minimum atomic E-state index is -0.371. The van der Waals surface area contributed by atoms with Gasteiger partial charge in [0, 0.05) is 28.3 Å². The number of hydrogen-bond acceptors (Lipinski definition) is 1. The Labute approximate surface area is 140 Å². The van der Waals surface area contributed by atoms with Crippen LogP contribution in [0.15, 0.2) is 54.6 Å². The third-order valence-electron chi connectivity index (χ3n) is 4.11. The summed E-state index contributed by atoms with van der Waals surface area (Å²) in [6, 6.07) is 15.8. The summed E-state index contributed by atoms with van der Waals surface area (Å²) in [6.45, 7) is 5.91. The van der Waals surface area contributed by atoms with Crippen molar-refractivity contribution >= 4 is 11.6 Å². The summed E-state index contributed by atoms with van der Waals surface area (Å²) in [5.41, 5.74) is 5.12. The van der Waals surface area contributed by atoms with E-state index in [9.17, 15) is 9.18 Å². The Bertz CT molecular complexity index is 875. The van der Waals surface area contributed by atoms with Crippen molar-refractivity contribution in [3.05, 3.63) is 82.9 Å². The highest BCUT2D eigenvalue weighted by atomic mass is 19.1. The smallest absolute Gasteiger partial charge is 0.255 e. The highest BCUT2D eigenvalue weighted by molar-refractivity contribution is 6.04. The molecule has 1 aromatic heterocycles. The van der Waals surface area contributed by atoms with Crippen molar-refractivity contribution in [3.8, 4) is 5.69 Å². The number of amides is 1. The highest BCUT2D eigenvalue weighted by Gasteiger charge is 2.10. The topological polar surface area (TPSA) is 34.0 Å². The quantitative estimate of drug-likeness (QED) is 0.739. The van der Waals surface area contributed by atoms with Crippen molar-refractivity contribution in [1.82, 2.24) is 4.57 Å². The number of nitrogens with one attached hydrogen (secondary N) is 1. The SMILES string of the molecule is Cc1ccc(F)cc1NC(=O)c1ccc(-n2c(C)ccc2C)cc1. The molecule has 1 amide bonds. The Hall–Kier alpha value is -2.88. The summed E-state index contributed by atoms with van der Waals surface area (Å²) in [6.07, 6.45) is 0. The van der Waals surface area contributed by atoms with Gasteiger partial charge in [-0.25, -0.2) is 4.39 Å². The van der Waals surface area contributed by atoms with E-state index in [0.717, 1.165) is 22.6 Å². The van der Waals surface area contributed by atoms with E-state index in [1.807, 2.05) is 32.9 Å². The third kappa shape index (κ3) is 3.08. The van der Waals surface area contributed by atoms with E-state index in [1.54, 1.807) is 18.2 Å². The van der Waals surface area contributed by atoms with Gasteiger partial charge in [-0.3, -0.25) is 4.79 Å². The highest BCUT2D eigenvalue weighted by Crippen LogP contribution is 2.19. The number of carbonyl (C=O) groups excluding carboxylic acids is 1. The molecule has 0 radical (unpaired) electrons. The number of aromatic nitrogens is 1. The second kappa shape index (κ2) is 6.32. The Balaban J connectivity index is 1.83. The van der Waals surface area contributed by atoms with Crippen LogP contribution >= 0.6 is 0 Å². The first kappa shape index (κ1) is 16.0. The fourth-order valence-electron chi connectivity index (χ4n) is 2.76. The zero-order valence-corrected chi connectivity index (χ0v) is 13.9. The summed E-state index contributed by atoms with van der Waals surface area (Å²) in [4.78, 5) is 12.4. The van der Waals surface area contributed by atoms with Gasteiger partial charge in [-0.2, -0.15) is 0 Å². The summed E-state index contributed by atoms with van der Waals surface area (Å²) >= 11 is 0. The van der Waals surface area contributed by atoms with E-state index >= 15 is 0 Å². The van der Waals surface area contributed by atoms with Crippen LogP contribution in [0.3, 0.4) is 0 Å². The predicted octanol–water partition coefficient (Wildman–Crippen LogP) is 4.79. The molecule has 0 atom stereocenters. The van der Waals surface area contributed by atoms with Crippen LogP contribution < -0.4 is 5.32 Å². The molecule has 0 spiro atoms. The lowest BCUT2D eigenvalue weighted by Crippen LogP contribution is -2.13. The average Bonchev–Trinajstić information content (AvgIpc) is 2.90. The van der Waals surface area contributed by atoms with Crippen LogP contribution in [-0.4, -0.2) is 10.5 Å². The lowest BCUT2D eigenvalue weighted by Gasteiger charge is -2.11. The number of hydrogen-bond donors (Lipinski definition) is 1. The number of carbonyl (C=O) groups is 1. The van der Waals surface area contributed by atoms with Crippen LogP contribution in [0, 0.1) is 26.6 Å². The maximum Gasteiger partial charge on any atom is 0.255 e. The maximum atomic E-state index is 13.3. The Morgan fingerprint density at radius 3 is 2.17 bits per heavy atom. The van der Waals surface area contributed by atoms with Crippen LogP contribution in [0.1, 0.15) is 27.3 Å². The summed E-state index contributed by atoms with van der Waals surface area (Å²) in [5.74, 6) is -0.624. The van der Waals surface area contributed by atoms with Gasteiger partial charge in [0.2, 0.25) is 0 Å². The normalized spacial score (nSPS) is 10.7. The van der Waals surface area contributed by atoms with Crippen molar-refractivity contribution in [2.45, 2.75) is 20.8 Å². The van der Waals surface area contributed by atoms with Crippen molar-refractivity contribution in [2.75, 3.05) is 5.32 Å². The number of anilines is 1. The van der Waals surface area contributed by atoms with E-state index < -0.39 is 0 Å². The lowest BCUT2D eigenvalue weighted by molar-refractivity contribution is 0.102. The van der Waals surface area contributed by atoms with E-state index in [2.05, 4.69) is 22.0 Å². The summed E-state index contributed by atoms with van der Waals surface area (Å²) in [7, 11) is 0. The van der Waals surface area contributed by atoms with E-state index in [4.69, 9.17) is 0 Å². The van der Waals surface area contributed by atoms with Gasteiger partial charge >= 0.3 is 0 Å². The monoisotopic (exact) mass is 322 g/mol. The van der Waals surface area contributed by atoms with Gasteiger partial charge in [0.15, 0.2) is 0 Å². The van der Waals surface area contributed by atoms with Gasteiger partial charge in [0.1, 0.15) is 5.82 Å². The summed E-state index contributed by atoms with van der Waals surface area (Å²) in [5, 5.41) is 2.76. The number of rotatable bonds is 3. The fraction of sp³-hybridized carbons (Fsp3) is 0.150. The second-order valence-electron chi connectivity index (χ2n) is 5.91. The molecule has 122 valence electrons. The van der Waals surface area contributed by atoms with Crippen LogP contribution in [0.2, 0.25) is 0 Å². The molecule has 3 rings (SSSR count). The number of nitrogens with zero attached hydrogens (tertiary/aromatic N) is 1. The molecule has 3 nitrogen and oxygen atoms in total. The van der Waals surface area contributed by atoms with Crippen LogP contribution in [-0.2, 0) is 0 Å². The number of benzene rings is 2. The lowest BCUT2D eigenvalue weighted by atomic mass is 10.1. The molecule has 0 saturated carbocycles. The minimum Gasteiger partial charge on any atom is -0.322 e. The zero-order valence-electron chi connectivity index (χ0n) is 13.9. The third-order valence-corrected chi connectivity index (χ3v) is 4.11. The molecule has 0 aliphatic carbocycles. The number of halogens is 1. The van der Waals surface area contributed by atoms with Gasteiger partial charge in [0.25, 0.3) is 5.91 Å². The van der Waals surface area contributed by atoms with Crippen molar-refractivity contribution < 1.29 is 9.18 Å². The minimum absolute atomic E-state index is 0.254. The molecule has 1 heterocycles. The Kier molecular flexibility index (Phi) is 4.21. The summed E-state index contributed by atoms with van der Waals surface area (Å²) < 4.78 is 15.5. The Morgan fingerprint density at radius 2 is 1.54 bits per heavy atom. The predicted molar refractivity (Wildman–Crippen MR) is 94.3 cm³/mol. The standard InChI is InChI=1S/C20H19FN2O/c1-13-4-9-17(21)12-19(13)22-20(24)16-7-10-18(11-8-16)23-14(2)5-6-15(23)3/h4-12H,1-3H3,(H,22,24). The van der Waals surface area contributed by atoms with Gasteiger partial charge in [0.05, 0.1) is 0 Å². The van der Waals surface area contributed by atoms with Gasteiger partial charge in [-0.05, 0) is 74.9 Å². The molecule has 0 unspecified atom stereocenters. The molecule has 2 aromatic carbocycles. The molecule has 0 aliphatic rings. The van der Waals surface area contributed by atoms with Crippen LogP contribution in [0.4, 0.5) is 10.1 Å². The molecule has 1 N–H and O–H groups in total. The molecule has 3 aromatic rings. The molecule has 0 aliphatic heterocycles. The first-order valence-corrected chi connectivity index (χ1v) is 7.78. The van der Waals surface area contributed by atoms with E-state index in [0.29, 0.717) is 11.3 Å². The van der Waals surface area contributed by atoms with Crippen LogP contribution in [0.25, 0.3) is 5.69 Å². The van der Waals surface area contributed by atoms with E-state index in [-0.39, 0.29) is 11.7 Å². The van der Waals surface area contributed by atoms with Crippen molar-refractivity contribution in [2.24, 2.45) is 0 Å². The zero-order chi connectivity index (χ0) is 17.3. The van der Waals surface area contributed by atoms with Crippen molar-refractivity contribution in [3.63, 3.8) is 0 Å². The molecule has 0 fully saturated rings. The first-order chi connectivity index (χ1) is 11.5. The maximum absolute atomic E-state index is 13.3. The van der Waals surface area contributed by atoms with Crippen LogP contribution in [0.5, 0.6) is 0 Å². The molecular weight excluding hydrogens is 303 g/mol. The average molecular weight is 322 g/mol. The largest absolute Gasteiger partial charge is 0.322 e. The molecule has 4 heteroatoms. The first-order valence-electron chi connectivity index (χ1n) is 7.78. The molecule has 24 heavy (non-hydrogen) atoms. The Morgan fingerprint density at radius 1 is 0.917 bits per heavy atom.